The minimum atomic E-state index is -0.639. The molecule has 0 saturated heterocycles. The number of aliphatic hydroxyl groups is 1. The van der Waals surface area contributed by atoms with E-state index in [1.54, 1.807) is 0 Å². The molecular formula is C6H12N2O3. The maximum atomic E-state index is 9.78. The van der Waals surface area contributed by atoms with E-state index in [-0.39, 0.29) is 13.1 Å². The Hall–Kier alpha value is -0.940. The van der Waals surface area contributed by atoms with E-state index < -0.39 is 6.10 Å². The molecule has 0 fully saturated rings. The van der Waals surface area contributed by atoms with Gasteiger partial charge in [-0.1, -0.05) is 0 Å². The summed E-state index contributed by atoms with van der Waals surface area (Å²) in [7, 11) is 0. The lowest BCUT2D eigenvalue weighted by Crippen LogP contribution is -2.35. The van der Waals surface area contributed by atoms with Gasteiger partial charge in [-0.25, -0.2) is 0 Å². The molecule has 1 unspecified atom stereocenters. The zero-order chi connectivity index (χ0) is 8.53. The third kappa shape index (κ3) is 6.95. The van der Waals surface area contributed by atoms with E-state index in [9.17, 15) is 9.59 Å². The van der Waals surface area contributed by atoms with Crippen molar-refractivity contribution >= 4 is 12.7 Å². The van der Waals surface area contributed by atoms with Crippen LogP contribution >= 0.6 is 0 Å². The van der Waals surface area contributed by atoms with Crippen molar-refractivity contribution in [1.29, 1.82) is 0 Å². The van der Waals surface area contributed by atoms with Gasteiger partial charge in [0.1, 0.15) is 6.29 Å². The SMILES string of the molecule is O=CCNCC(O)CNC=O. The molecule has 1 atom stereocenters. The van der Waals surface area contributed by atoms with Crippen LogP contribution in [0.1, 0.15) is 0 Å². The Morgan fingerprint density at radius 3 is 2.64 bits per heavy atom. The molecule has 0 aromatic carbocycles. The summed E-state index contributed by atoms with van der Waals surface area (Å²) in [6.07, 6.45) is 0.586. The van der Waals surface area contributed by atoms with Gasteiger partial charge < -0.3 is 20.5 Å². The van der Waals surface area contributed by atoms with E-state index in [1.807, 2.05) is 0 Å². The largest absolute Gasteiger partial charge is 0.390 e. The molecule has 3 N–H and O–H groups in total. The predicted molar refractivity (Wildman–Crippen MR) is 39.0 cm³/mol. The molecule has 0 rings (SSSR count). The lowest BCUT2D eigenvalue weighted by molar-refractivity contribution is -0.110. The van der Waals surface area contributed by atoms with Crippen molar-refractivity contribution < 1.29 is 14.7 Å². The van der Waals surface area contributed by atoms with Crippen molar-refractivity contribution in [3.63, 3.8) is 0 Å². The van der Waals surface area contributed by atoms with Gasteiger partial charge in [-0.3, -0.25) is 4.79 Å². The first-order valence-corrected chi connectivity index (χ1v) is 3.30. The van der Waals surface area contributed by atoms with Gasteiger partial charge in [0.15, 0.2) is 0 Å². The summed E-state index contributed by atoms with van der Waals surface area (Å²) in [4.78, 5) is 19.5. The highest BCUT2D eigenvalue weighted by Crippen LogP contribution is 1.74. The fourth-order valence-electron chi connectivity index (χ4n) is 0.565. The van der Waals surface area contributed by atoms with Gasteiger partial charge in [0.25, 0.3) is 0 Å². The molecule has 0 aromatic heterocycles. The molecule has 0 radical (unpaired) electrons. The van der Waals surface area contributed by atoms with Gasteiger partial charge in [0.05, 0.1) is 12.6 Å². The minimum Gasteiger partial charge on any atom is -0.390 e. The molecule has 1 amide bonds. The lowest BCUT2D eigenvalue weighted by atomic mass is 10.3. The fraction of sp³-hybridized carbons (Fsp3) is 0.667. The topological polar surface area (TPSA) is 78.4 Å². The highest BCUT2D eigenvalue weighted by Gasteiger charge is 2.00. The third-order valence-corrected chi connectivity index (χ3v) is 1.04. The minimum absolute atomic E-state index is 0.204. The Bertz CT molecular complexity index is 118. The number of carbonyl (C=O) groups is 2. The first kappa shape index (κ1) is 10.1. The van der Waals surface area contributed by atoms with Crippen LogP contribution in [0.3, 0.4) is 0 Å². The Morgan fingerprint density at radius 2 is 2.09 bits per heavy atom. The summed E-state index contributed by atoms with van der Waals surface area (Å²) >= 11 is 0. The van der Waals surface area contributed by atoms with Crippen molar-refractivity contribution in [3.05, 3.63) is 0 Å². The van der Waals surface area contributed by atoms with Crippen molar-refractivity contribution in [3.8, 4) is 0 Å². The van der Waals surface area contributed by atoms with Crippen molar-refractivity contribution in [2.75, 3.05) is 19.6 Å². The molecule has 0 aromatic rings. The van der Waals surface area contributed by atoms with Crippen LogP contribution in [-0.4, -0.2) is 43.5 Å². The summed E-state index contributed by atoms with van der Waals surface area (Å²) in [6, 6.07) is 0. The van der Waals surface area contributed by atoms with Gasteiger partial charge in [0, 0.05) is 13.1 Å². The number of hydrogen-bond acceptors (Lipinski definition) is 4. The van der Waals surface area contributed by atoms with E-state index in [2.05, 4.69) is 10.6 Å². The molecule has 0 aliphatic rings. The predicted octanol–water partition coefficient (Wildman–Crippen LogP) is -2.12. The normalized spacial score (nSPS) is 12.1. The number of hydrogen-bond donors (Lipinski definition) is 3. The second kappa shape index (κ2) is 7.17. The van der Waals surface area contributed by atoms with Crippen LogP contribution in [0.25, 0.3) is 0 Å². The Kier molecular flexibility index (Phi) is 6.56. The van der Waals surface area contributed by atoms with Crippen molar-refractivity contribution in [2.24, 2.45) is 0 Å². The summed E-state index contributed by atoms with van der Waals surface area (Å²) in [5, 5.41) is 14.0. The van der Waals surface area contributed by atoms with Gasteiger partial charge in [-0.2, -0.15) is 0 Å². The molecular weight excluding hydrogens is 148 g/mol. The fourth-order valence-corrected chi connectivity index (χ4v) is 0.565. The number of carbonyl (C=O) groups excluding carboxylic acids is 2. The second-order valence-electron chi connectivity index (χ2n) is 2.00. The molecule has 11 heavy (non-hydrogen) atoms. The van der Waals surface area contributed by atoms with E-state index in [0.29, 0.717) is 19.2 Å². The van der Waals surface area contributed by atoms with E-state index in [0.717, 1.165) is 0 Å². The molecule has 5 nitrogen and oxygen atoms in total. The summed E-state index contributed by atoms with van der Waals surface area (Å²) in [5.41, 5.74) is 0. The van der Waals surface area contributed by atoms with Crippen LogP contribution in [-0.2, 0) is 9.59 Å². The zero-order valence-corrected chi connectivity index (χ0v) is 6.12. The Labute approximate surface area is 64.8 Å². The third-order valence-electron chi connectivity index (χ3n) is 1.04. The molecule has 5 heteroatoms. The number of aliphatic hydroxyl groups excluding tert-OH is 1. The highest BCUT2D eigenvalue weighted by molar-refractivity contribution is 5.51. The first-order valence-electron chi connectivity index (χ1n) is 3.30. The first-order chi connectivity index (χ1) is 5.31. The zero-order valence-electron chi connectivity index (χ0n) is 6.12. The molecule has 64 valence electrons. The van der Waals surface area contributed by atoms with E-state index in [1.165, 1.54) is 0 Å². The van der Waals surface area contributed by atoms with Crippen LogP contribution < -0.4 is 10.6 Å². The molecule has 0 aliphatic carbocycles. The molecule has 0 bridgehead atoms. The average Bonchev–Trinajstić information content (AvgIpc) is 2.01. The molecule has 0 saturated carbocycles. The van der Waals surface area contributed by atoms with E-state index in [4.69, 9.17) is 5.11 Å². The van der Waals surface area contributed by atoms with Crippen LogP contribution in [0, 0.1) is 0 Å². The Balaban J connectivity index is 3.14. The highest BCUT2D eigenvalue weighted by atomic mass is 16.3. The Morgan fingerprint density at radius 1 is 1.36 bits per heavy atom. The number of amides is 1. The quantitative estimate of drug-likeness (QED) is 0.294. The maximum Gasteiger partial charge on any atom is 0.207 e. The monoisotopic (exact) mass is 160 g/mol. The standard InChI is InChI=1S/C6H12N2O3/c9-2-1-7-3-6(11)4-8-5-10/h2,5-7,11H,1,3-4H2,(H,8,10). The van der Waals surface area contributed by atoms with E-state index >= 15 is 0 Å². The summed E-state index contributed by atoms with van der Waals surface area (Å²) in [6.45, 7) is 0.729. The summed E-state index contributed by atoms with van der Waals surface area (Å²) < 4.78 is 0. The lowest BCUT2D eigenvalue weighted by Gasteiger charge is -2.08. The summed E-state index contributed by atoms with van der Waals surface area (Å²) in [5.74, 6) is 0. The molecule has 0 heterocycles. The number of nitrogens with one attached hydrogen (secondary N) is 2. The average molecular weight is 160 g/mol. The van der Waals surface area contributed by atoms with Gasteiger partial charge in [-0.05, 0) is 0 Å². The number of aldehydes is 1. The van der Waals surface area contributed by atoms with Crippen LogP contribution in [0.5, 0.6) is 0 Å². The maximum absolute atomic E-state index is 9.78. The molecule has 0 aliphatic heterocycles. The number of rotatable bonds is 7. The van der Waals surface area contributed by atoms with Crippen LogP contribution in [0.4, 0.5) is 0 Å². The van der Waals surface area contributed by atoms with Gasteiger partial charge in [0.2, 0.25) is 6.41 Å². The van der Waals surface area contributed by atoms with Crippen molar-refractivity contribution in [2.45, 2.75) is 6.10 Å². The van der Waals surface area contributed by atoms with Crippen molar-refractivity contribution in [1.82, 2.24) is 10.6 Å². The van der Waals surface area contributed by atoms with Gasteiger partial charge in [-0.15, -0.1) is 0 Å². The smallest absolute Gasteiger partial charge is 0.207 e. The van der Waals surface area contributed by atoms with Gasteiger partial charge >= 0.3 is 0 Å². The van der Waals surface area contributed by atoms with Crippen LogP contribution in [0.15, 0.2) is 0 Å². The molecule has 0 spiro atoms. The van der Waals surface area contributed by atoms with Crippen LogP contribution in [0.2, 0.25) is 0 Å². The second-order valence-corrected chi connectivity index (χ2v) is 2.00.